The minimum Gasteiger partial charge on any atom is -0.394 e. The first kappa shape index (κ1) is 42.9. The SMILES string of the molecule is CCCCCC/C=C\CCCCCCCC(=O)NC(CO)C(O)/C=C/CCCCCCCCCCCCCCCCCCC. The molecule has 0 saturated carbocycles. The van der Waals surface area contributed by atoms with Gasteiger partial charge < -0.3 is 15.5 Å². The van der Waals surface area contributed by atoms with Gasteiger partial charge in [-0.05, 0) is 44.9 Å². The van der Waals surface area contributed by atoms with Crippen LogP contribution in [-0.2, 0) is 4.79 Å². The molecule has 0 saturated heterocycles. The van der Waals surface area contributed by atoms with Gasteiger partial charge in [0, 0.05) is 6.42 Å². The summed E-state index contributed by atoms with van der Waals surface area (Å²) in [6.07, 6.45) is 45.5. The molecule has 4 nitrogen and oxygen atoms in total. The first-order chi connectivity index (χ1) is 21.7. The van der Waals surface area contributed by atoms with Crippen molar-refractivity contribution < 1.29 is 15.0 Å². The van der Waals surface area contributed by atoms with Crippen LogP contribution >= 0.6 is 0 Å². The Morgan fingerprint density at radius 3 is 1.27 bits per heavy atom. The second kappa shape index (κ2) is 36.3. The van der Waals surface area contributed by atoms with Gasteiger partial charge in [0.25, 0.3) is 0 Å². The Balaban J connectivity index is 3.59. The normalized spacial score (nSPS) is 13.3. The van der Waals surface area contributed by atoms with E-state index in [-0.39, 0.29) is 12.5 Å². The van der Waals surface area contributed by atoms with Crippen LogP contribution in [0.4, 0.5) is 0 Å². The van der Waals surface area contributed by atoms with Crippen LogP contribution < -0.4 is 5.32 Å². The van der Waals surface area contributed by atoms with Gasteiger partial charge in [-0.3, -0.25) is 4.79 Å². The highest BCUT2D eigenvalue weighted by molar-refractivity contribution is 5.76. The van der Waals surface area contributed by atoms with Gasteiger partial charge in [-0.25, -0.2) is 0 Å². The van der Waals surface area contributed by atoms with Gasteiger partial charge >= 0.3 is 0 Å². The molecule has 0 heterocycles. The second-order valence-corrected chi connectivity index (χ2v) is 13.3. The minimum atomic E-state index is -0.838. The van der Waals surface area contributed by atoms with Crippen molar-refractivity contribution in [3.05, 3.63) is 24.3 Å². The number of rotatable bonds is 35. The molecular weight excluding hydrogens is 542 g/mol. The molecule has 2 unspecified atom stereocenters. The first-order valence-electron chi connectivity index (χ1n) is 19.6. The predicted molar refractivity (Wildman–Crippen MR) is 193 cm³/mol. The molecule has 0 aliphatic rings. The van der Waals surface area contributed by atoms with Gasteiger partial charge in [-0.15, -0.1) is 0 Å². The van der Waals surface area contributed by atoms with E-state index < -0.39 is 12.1 Å². The summed E-state index contributed by atoms with van der Waals surface area (Å²) in [5.74, 6) is -0.0735. The van der Waals surface area contributed by atoms with Crippen molar-refractivity contribution in [2.45, 2.75) is 219 Å². The van der Waals surface area contributed by atoms with Crippen LogP contribution in [0.3, 0.4) is 0 Å². The Morgan fingerprint density at radius 1 is 0.523 bits per heavy atom. The van der Waals surface area contributed by atoms with E-state index in [1.165, 1.54) is 148 Å². The Morgan fingerprint density at radius 2 is 0.864 bits per heavy atom. The van der Waals surface area contributed by atoms with Gasteiger partial charge in [0.15, 0.2) is 0 Å². The molecule has 0 aliphatic carbocycles. The van der Waals surface area contributed by atoms with Crippen LogP contribution in [0.15, 0.2) is 24.3 Å². The summed E-state index contributed by atoms with van der Waals surface area (Å²) in [5.41, 5.74) is 0. The lowest BCUT2D eigenvalue weighted by atomic mass is 10.0. The number of unbranched alkanes of at least 4 members (excludes halogenated alkanes) is 26. The summed E-state index contributed by atoms with van der Waals surface area (Å²) in [6.45, 7) is 4.29. The zero-order valence-electron chi connectivity index (χ0n) is 29.7. The number of allylic oxidation sites excluding steroid dienone is 3. The molecule has 0 aromatic carbocycles. The zero-order valence-corrected chi connectivity index (χ0v) is 29.7. The molecule has 0 radical (unpaired) electrons. The van der Waals surface area contributed by atoms with Crippen molar-refractivity contribution in [3.63, 3.8) is 0 Å². The number of hydrogen-bond acceptors (Lipinski definition) is 3. The molecule has 0 bridgehead atoms. The maximum Gasteiger partial charge on any atom is 0.220 e. The lowest BCUT2D eigenvalue weighted by molar-refractivity contribution is -0.123. The lowest BCUT2D eigenvalue weighted by Crippen LogP contribution is -2.45. The predicted octanol–water partition coefficient (Wildman–Crippen LogP) is 11.7. The van der Waals surface area contributed by atoms with Crippen LogP contribution in [0, 0.1) is 0 Å². The van der Waals surface area contributed by atoms with Gasteiger partial charge in [0.1, 0.15) is 0 Å². The molecule has 1 amide bonds. The quantitative estimate of drug-likeness (QED) is 0.0488. The molecule has 4 heteroatoms. The highest BCUT2D eigenvalue weighted by Gasteiger charge is 2.17. The third-order valence-corrected chi connectivity index (χ3v) is 8.93. The summed E-state index contributed by atoms with van der Waals surface area (Å²) in [6, 6.07) is -0.622. The number of nitrogens with one attached hydrogen (secondary N) is 1. The largest absolute Gasteiger partial charge is 0.394 e. The molecule has 3 N–H and O–H groups in total. The van der Waals surface area contributed by atoms with Gasteiger partial charge in [0.2, 0.25) is 5.91 Å². The van der Waals surface area contributed by atoms with Crippen LogP contribution in [0.2, 0.25) is 0 Å². The summed E-state index contributed by atoms with van der Waals surface area (Å²) in [5, 5.41) is 22.9. The molecule has 0 aliphatic heterocycles. The van der Waals surface area contributed by atoms with E-state index in [4.69, 9.17) is 0 Å². The standard InChI is InChI=1S/C40H77NO3/c1-3-5-7-9-11-13-15-17-18-19-20-21-22-24-25-27-29-31-33-35-39(43)38(37-42)41-40(44)36-34-32-30-28-26-23-16-14-12-10-8-6-4-2/h14,16,33,35,38-39,42-43H,3-13,15,17-32,34,36-37H2,1-2H3,(H,41,44)/b16-14-,35-33+. The van der Waals surface area contributed by atoms with Crippen molar-refractivity contribution in [1.82, 2.24) is 5.32 Å². The minimum absolute atomic E-state index is 0.0735. The maximum absolute atomic E-state index is 12.3. The third kappa shape index (κ3) is 32.3. The molecular formula is C40H77NO3. The van der Waals surface area contributed by atoms with Crippen LogP contribution in [0.1, 0.15) is 206 Å². The number of carbonyl (C=O) groups is 1. The number of amides is 1. The highest BCUT2D eigenvalue weighted by Crippen LogP contribution is 2.15. The summed E-state index contributed by atoms with van der Waals surface area (Å²) < 4.78 is 0. The van der Waals surface area contributed by atoms with Crippen molar-refractivity contribution in [1.29, 1.82) is 0 Å². The summed E-state index contributed by atoms with van der Waals surface area (Å²) in [7, 11) is 0. The fraction of sp³-hybridized carbons (Fsp3) is 0.875. The van der Waals surface area contributed by atoms with E-state index in [2.05, 4.69) is 31.3 Å². The topological polar surface area (TPSA) is 69.6 Å². The first-order valence-corrected chi connectivity index (χ1v) is 19.6. The average molecular weight is 620 g/mol. The molecule has 260 valence electrons. The summed E-state index contributed by atoms with van der Waals surface area (Å²) in [4.78, 5) is 12.3. The van der Waals surface area contributed by atoms with Gasteiger partial charge in [-0.1, -0.05) is 179 Å². The van der Waals surface area contributed by atoms with Crippen LogP contribution in [-0.4, -0.2) is 34.9 Å². The van der Waals surface area contributed by atoms with E-state index in [1.54, 1.807) is 6.08 Å². The molecule has 0 fully saturated rings. The molecule has 0 spiro atoms. The fourth-order valence-corrected chi connectivity index (χ4v) is 5.88. The maximum atomic E-state index is 12.3. The molecule has 0 rings (SSSR count). The Hall–Kier alpha value is -1.13. The number of hydrogen-bond donors (Lipinski definition) is 3. The highest BCUT2D eigenvalue weighted by atomic mass is 16.3. The summed E-state index contributed by atoms with van der Waals surface area (Å²) >= 11 is 0. The third-order valence-electron chi connectivity index (χ3n) is 8.93. The average Bonchev–Trinajstić information content (AvgIpc) is 3.03. The van der Waals surface area contributed by atoms with E-state index in [1.807, 2.05) is 6.08 Å². The lowest BCUT2D eigenvalue weighted by Gasteiger charge is -2.20. The number of aliphatic hydroxyl groups excluding tert-OH is 2. The number of aliphatic hydroxyl groups is 2. The van der Waals surface area contributed by atoms with Crippen molar-refractivity contribution in [2.24, 2.45) is 0 Å². The Bertz CT molecular complexity index is 632. The van der Waals surface area contributed by atoms with E-state index >= 15 is 0 Å². The van der Waals surface area contributed by atoms with Crippen LogP contribution in [0.25, 0.3) is 0 Å². The molecule has 0 aromatic heterocycles. The number of carbonyl (C=O) groups excluding carboxylic acids is 1. The zero-order chi connectivity index (χ0) is 32.2. The van der Waals surface area contributed by atoms with Crippen molar-refractivity contribution in [3.8, 4) is 0 Å². The molecule has 2 atom stereocenters. The van der Waals surface area contributed by atoms with Gasteiger partial charge in [-0.2, -0.15) is 0 Å². The Labute approximate surface area is 275 Å². The monoisotopic (exact) mass is 620 g/mol. The van der Waals surface area contributed by atoms with E-state index in [0.717, 1.165) is 38.5 Å². The smallest absolute Gasteiger partial charge is 0.220 e. The molecule has 0 aromatic rings. The van der Waals surface area contributed by atoms with Crippen molar-refractivity contribution >= 4 is 5.91 Å². The van der Waals surface area contributed by atoms with E-state index in [9.17, 15) is 15.0 Å². The second-order valence-electron chi connectivity index (χ2n) is 13.3. The van der Waals surface area contributed by atoms with Crippen molar-refractivity contribution in [2.75, 3.05) is 6.61 Å². The Kier molecular flexibility index (Phi) is 35.4. The van der Waals surface area contributed by atoms with Gasteiger partial charge in [0.05, 0.1) is 18.8 Å². The van der Waals surface area contributed by atoms with Crippen LogP contribution in [0.5, 0.6) is 0 Å². The van der Waals surface area contributed by atoms with E-state index in [0.29, 0.717) is 6.42 Å². The molecule has 44 heavy (non-hydrogen) atoms. The fourth-order valence-electron chi connectivity index (χ4n) is 5.88.